The molecular formula is C23H21N3O5. The second kappa shape index (κ2) is 6.88. The van der Waals surface area contributed by atoms with Gasteiger partial charge < -0.3 is 19.5 Å². The number of aromatic nitrogens is 3. The molecule has 3 heterocycles. The molecule has 2 aromatic carbocycles. The topological polar surface area (TPSA) is 98.6 Å². The van der Waals surface area contributed by atoms with Gasteiger partial charge in [-0.05, 0) is 17.7 Å². The largest absolute Gasteiger partial charge is 0.508 e. The Morgan fingerprint density at radius 1 is 1.00 bits per heavy atom. The summed E-state index contributed by atoms with van der Waals surface area (Å²) in [4.78, 5) is 26.1. The predicted octanol–water partition coefficient (Wildman–Crippen LogP) is 2.24. The van der Waals surface area contributed by atoms with E-state index in [-0.39, 0.29) is 17.1 Å². The van der Waals surface area contributed by atoms with E-state index in [0.717, 1.165) is 10.1 Å². The highest BCUT2D eigenvalue weighted by Crippen LogP contribution is 2.43. The lowest BCUT2D eigenvalue weighted by molar-refractivity contribution is 0.0464. The minimum absolute atomic E-state index is 0.0662. The van der Waals surface area contributed by atoms with Crippen molar-refractivity contribution in [3.63, 3.8) is 0 Å². The average molecular weight is 419 g/mol. The first-order valence-corrected chi connectivity index (χ1v) is 9.91. The summed E-state index contributed by atoms with van der Waals surface area (Å²) in [6, 6.07) is 13.9. The number of phenols is 2. The molecule has 1 aliphatic rings. The lowest BCUT2D eigenvalue weighted by atomic mass is 10.0. The zero-order valence-electron chi connectivity index (χ0n) is 17.1. The third-order valence-corrected chi connectivity index (χ3v) is 5.90. The van der Waals surface area contributed by atoms with Crippen LogP contribution in [0.3, 0.4) is 0 Å². The molecule has 0 fully saturated rings. The summed E-state index contributed by atoms with van der Waals surface area (Å²) in [7, 11) is 3.09. The highest BCUT2D eigenvalue weighted by Gasteiger charge is 2.34. The molecule has 31 heavy (non-hydrogen) atoms. The Hall–Kier alpha value is -3.78. The van der Waals surface area contributed by atoms with Gasteiger partial charge in [-0.3, -0.25) is 13.9 Å². The van der Waals surface area contributed by atoms with Crippen LogP contribution in [-0.4, -0.2) is 30.5 Å². The fraction of sp³-hybridized carbons (Fsp3) is 0.217. The van der Waals surface area contributed by atoms with Gasteiger partial charge in [0.25, 0.3) is 5.56 Å². The van der Waals surface area contributed by atoms with E-state index >= 15 is 0 Å². The van der Waals surface area contributed by atoms with Gasteiger partial charge in [-0.15, -0.1) is 0 Å². The fourth-order valence-electron chi connectivity index (χ4n) is 4.47. The quantitative estimate of drug-likeness (QED) is 0.519. The van der Waals surface area contributed by atoms with Crippen molar-refractivity contribution in [2.45, 2.75) is 12.6 Å². The Bertz CT molecular complexity index is 1450. The zero-order valence-corrected chi connectivity index (χ0v) is 17.1. The third-order valence-electron chi connectivity index (χ3n) is 5.90. The monoisotopic (exact) mass is 419 g/mol. The summed E-state index contributed by atoms with van der Waals surface area (Å²) in [5.41, 5.74) is 2.30. The molecule has 158 valence electrons. The number of rotatable bonds is 2. The summed E-state index contributed by atoms with van der Waals surface area (Å²) in [6.07, 6.45) is -0.716. The van der Waals surface area contributed by atoms with E-state index in [0.29, 0.717) is 41.0 Å². The normalized spacial score (nSPS) is 15.9. The molecule has 1 atom stereocenters. The number of hydrogen-bond acceptors (Lipinski definition) is 5. The number of aryl methyl sites for hydroxylation is 1. The van der Waals surface area contributed by atoms with Gasteiger partial charge >= 0.3 is 5.69 Å². The van der Waals surface area contributed by atoms with Crippen molar-refractivity contribution in [2.24, 2.45) is 14.1 Å². The van der Waals surface area contributed by atoms with Crippen molar-refractivity contribution < 1.29 is 14.9 Å². The van der Waals surface area contributed by atoms with Gasteiger partial charge in [-0.25, -0.2) is 4.79 Å². The van der Waals surface area contributed by atoms with Crippen molar-refractivity contribution in [2.75, 3.05) is 6.61 Å². The van der Waals surface area contributed by atoms with E-state index in [4.69, 9.17) is 4.74 Å². The molecule has 0 amide bonds. The molecule has 2 aromatic heterocycles. The SMILES string of the molecule is Cn1c(=O)c2c(-c3ccccc3)n3c(c2n(C)c1=O)[C@@H](c1ccc(O)cc1O)OCC3. The third kappa shape index (κ3) is 2.72. The van der Waals surface area contributed by atoms with E-state index in [1.165, 1.54) is 23.7 Å². The Morgan fingerprint density at radius 2 is 1.74 bits per heavy atom. The van der Waals surface area contributed by atoms with Gasteiger partial charge in [0.15, 0.2) is 0 Å². The summed E-state index contributed by atoms with van der Waals surface area (Å²) in [5.74, 6) is -0.188. The van der Waals surface area contributed by atoms with E-state index in [2.05, 4.69) is 0 Å². The maximum Gasteiger partial charge on any atom is 0.331 e. The standard InChI is InChI=1S/C23H21N3O5/c1-24-19-17(22(29)25(2)23(24)30)18(13-6-4-3-5-7-13)26-10-11-31-21(20(19)26)15-9-8-14(27)12-16(15)28/h3-9,12,21,27-28H,10-11H2,1-2H3/t21-/m1/s1. The summed E-state index contributed by atoms with van der Waals surface area (Å²) in [5, 5.41) is 20.6. The first kappa shape index (κ1) is 19.2. The van der Waals surface area contributed by atoms with Crippen LogP contribution in [0.2, 0.25) is 0 Å². The average Bonchev–Trinajstić information content (AvgIpc) is 3.12. The lowest BCUT2D eigenvalue weighted by Crippen LogP contribution is -2.37. The van der Waals surface area contributed by atoms with Crippen LogP contribution in [-0.2, 0) is 25.4 Å². The predicted molar refractivity (Wildman–Crippen MR) is 115 cm³/mol. The molecule has 0 saturated heterocycles. The molecule has 4 aromatic rings. The van der Waals surface area contributed by atoms with Crippen LogP contribution in [0, 0.1) is 0 Å². The fourth-order valence-corrected chi connectivity index (χ4v) is 4.47. The van der Waals surface area contributed by atoms with E-state index in [9.17, 15) is 19.8 Å². The molecular weight excluding hydrogens is 398 g/mol. The molecule has 0 unspecified atom stereocenters. The van der Waals surface area contributed by atoms with Crippen molar-refractivity contribution in [1.82, 2.24) is 13.7 Å². The van der Waals surface area contributed by atoms with Gasteiger partial charge in [0.1, 0.15) is 17.6 Å². The van der Waals surface area contributed by atoms with Gasteiger partial charge in [0.05, 0.1) is 28.9 Å². The molecule has 5 rings (SSSR count). The maximum atomic E-state index is 13.3. The maximum absolute atomic E-state index is 13.3. The van der Waals surface area contributed by atoms with Crippen molar-refractivity contribution in [1.29, 1.82) is 0 Å². The van der Waals surface area contributed by atoms with Crippen LogP contribution in [0.5, 0.6) is 11.5 Å². The Kier molecular flexibility index (Phi) is 4.26. The first-order chi connectivity index (χ1) is 14.9. The van der Waals surface area contributed by atoms with Crippen molar-refractivity contribution >= 4 is 10.9 Å². The Morgan fingerprint density at radius 3 is 2.45 bits per heavy atom. The smallest absolute Gasteiger partial charge is 0.331 e. The van der Waals surface area contributed by atoms with Crippen LogP contribution < -0.4 is 11.2 Å². The second-order valence-electron chi connectivity index (χ2n) is 7.67. The molecule has 0 saturated carbocycles. The van der Waals surface area contributed by atoms with Gasteiger partial charge in [-0.2, -0.15) is 0 Å². The molecule has 8 heteroatoms. The lowest BCUT2D eigenvalue weighted by Gasteiger charge is -2.28. The summed E-state index contributed by atoms with van der Waals surface area (Å²) < 4.78 is 10.6. The highest BCUT2D eigenvalue weighted by atomic mass is 16.5. The van der Waals surface area contributed by atoms with Gasteiger partial charge in [0, 0.05) is 32.3 Å². The van der Waals surface area contributed by atoms with E-state index in [1.807, 2.05) is 34.9 Å². The Balaban J connectivity index is 1.95. The van der Waals surface area contributed by atoms with Crippen molar-refractivity contribution in [3.8, 4) is 22.8 Å². The van der Waals surface area contributed by atoms with Crippen LogP contribution in [0.1, 0.15) is 17.4 Å². The number of nitrogens with zero attached hydrogens (tertiary/aromatic N) is 3. The zero-order chi connectivity index (χ0) is 21.9. The first-order valence-electron chi connectivity index (χ1n) is 9.91. The highest BCUT2D eigenvalue weighted by molar-refractivity contribution is 5.96. The number of benzene rings is 2. The van der Waals surface area contributed by atoms with Gasteiger partial charge in [0.2, 0.25) is 0 Å². The molecule has 1 aliphatic heterocycles. The number of ether oxygens (including phenoxy) is 1. The minimum Gasteiger partial charge on any atom is -0.508 e. The van der Waals surface area contributed by atoms with Crippen LogP contribution in [0.25, 0.3) is 22.2 Å². The number of hydrogen-bond donors (Lipinski definition) is 2. The second-order valence-corrected chi connectivity index (χ2v) is 7.67. The van der Waals surface area contributed by atoms with E-state index < -0.39 is 11.8 Å². The Labute approximate surface area is 176 Å². The number of phenolic OH excluding ortho intramolecular Hbond substituents is 2. The molecule has 0 aliphatic carbocycles. The minimum atomic E-state index is -0.716. The summed E-state index contributed by atoms with van der Waals surface area (Å²) in [6.45, 7) is 0.841. The molecule has 2 N–H and O–H groups in total. The molecule has 8 nitrogen and oxygen atoms in total. The molecule has 0 bridgehead atoms. The van der Waals surface area contributed by atoms with E-state index in [1.54, 1.807) is 13.1 Å². The van der Waals surface area contributed by atoms with Gasteiger partial charge in [-0.1, -0.05) is 30.3 Å². The van der Waals surface area contributed by atoms with Crippen LogP contribution in [0.15, 0.2) is 58.1 Å². The number of fused-ring (bicyclic) bond motifs is 3. The molecule has 0 radical (unpaired) electrons. The molecule has 0 spiro atoms. The van der Waals surface area contributed by atoms with Crippen molar-refractivity contribution in [3.05, 3.63) is 80.6 Å². The number of aromatic hydroxyl groups is 2. The van der Waals surface area contributed by atoms with Crippen LogP contribution >= 0.6 is 0 Å². The van der Waals surface area contributed by atoms with Crippen LogP contribution in [0.4, 0.5) is 0 Å². The summed E-state index contributed by atoms with van der Waals surface area (Å²) >= 11 is 0.